The Morgan fingerprint density at radius 2 is 1.05 bits per heavy atom. The van der Waals surface area contributed by atoms with Crippen molar-refractivity contribution in [2.45, 2.75) is 131 Å². The van der Waals surface area contributed by atoms with Gasteiger partial charge in [0.1, 0.15) is 11.5 Å². The van der Waals surface area contributed by atoms with Crippen LogP contribution in [0.15, 0.2) is 99.0 Å². The van der Waals surface area contributed by atoms with Crippen molar-refractivity contribution in [2.24, 2.45) is 0 Å². The van der Waals surface area contributed by atoms with E-state index in [0.717, 1.165) is 165 Å². The van der Waals surface area contributed by atoms with Gasteiger partial charge >= 0.3 is 7.12 Å². The van der Waals surface area contributed by atoms with Gasteiger partial charge in [-0.05, 0) is 190 Å². The van der Waals surface area contributed by atoms with E-state index in [2.05, 4.69) is 73.8 Å². The Bertz CT molecular complexity index is 3200. The molecule has 2 fully saturated rings. The van der Waals surface area contributed by atoms with Crippen LogP contribution in [-0.4, -0.2) is 113 Å². The summed E-state index contributed by atoms with van der Waals surface area (Å²) in [6.45, 7) is 20.6. The quantitative estimate of drug-likeness (QED) is 0.0600. The molecule has 10 rings (SSSR count). The summed E-state index contributed by atoms with van der Waals surface area (Å²) in [6, 6.07) is 27.7. The van der Waals surface area contributed by atoms with Crippen LogP contribution in [-0.2, 0) is 48.2 Å². The molecule has 4 aliphatic heterocycles. The van der Waals surface area contributed by atoms with Gasteiger partial charge < -0.3 is 39.0 Å². The summed E-state index contributed by atoms with van der Waals surface area (Å²) in [6.07, 6.45) is 7.69. The van der Waals surface area contributed by atoms with Crippen LogP contribution >= 0.6 is 15.9 Å². The Labute approximate surface area is 479 Å². The maximum absolute atomic E-state index is 13.4. The minimum atomic E-state index is -1.38. The van der Waals surface area contributed by atoms with Crippen LogP contribution in [0.5, 0.6) is 11.5 Å². The number of aryl methyl sites for hydroxylation is 6. The van der Waals surface area contributed by atoms with Crippen molar-refractivity contribution in [1.82, 2.24) is 19.8 Å². The summed E-state index contributed by atoms with van der Waals surface area (Å²) in [4.78, 5) is 61.2. The maximum atomic E-state index is 13.4. The largest absolute Gasteiger partial charge is 0.490 e. The van der Waals surface area contributed by atoms with E-state index in [1.165, 1.54) is 11.1 Å². The van der Waals surface area contributed by atoms with Crippen LogP contribution < -0.4 is 26.1 Å². The summed E-state index contributed by atoms with van der Waals surface area (Å²) in [5.74, 6) is 1.86. The summed E-state index contributed by atoms with van der Waals surface area (Å²) >= 11 is 3.56. The number of nitrogens with zero attached hydrogens (tertiary/aromatic N) is 2. The van der Waals surface area contributed by atoms with Gasteiger partial charge in [0, 0.05) is 91.3 Å². The number of hydrogen-bond acceptors (Lipinski definition) is 12. The van der Waals surface area contributed by atoms with Crippen molar-refractivity contribution < 1.29 is 38.6 Å². The molecule has 0 aliphatic carbocycles. The van der Waals surface area contributed by atoms with E-state index in [9.17, 15) is 19.2 Å². The molecule has 6 heterocycles. The molecule has 2 unspecified atom stereocenters. The molecule has 80 heavy (non-hydrogen) atoms. The lowest BCUT2D eigenvalue weighted by Crippen LogP contribution is -2.36. The number of aromatic amines is 2. The number of fused-ring (bicyclic) bond motifs is 2. The third-order valence-electron chi connectivity index (χ3n) is 15.4. The minimum absolute atomic E-state index is 0.0465. The molecule has 6 aromatic rings. The van der Waals surface area contributed by atoms with Gasteiger partial charge in [-0.3, -0.25) is 29.0 Å². The zero-order valence-electron chi connectivity index (χ0n) is 47.4. The number of hydrogen-bond donors (Lipinski definition) is 4. The Balaban J connectivity index is 0.000000172. The van der Waals surface area contributed by atoms with E-state index in [1.807, 2.05) is 76.2 Å². The van der Waals surface area contributed by atoms with E-state index >= 15 is 0 Å². The SMILES string of the molecule is Cc1cc(C)c(CCC(=O)c2cc(Br)c3c(c2)CCCC(C)O3)c(=O)[nH]1.Cc1cc(C)c(CCC(=O)c2cc3c(c(-c4ccc(CN5CCOCC5)cc4)c2)OC(C)CCC3)c(=O)[nH]1.OB(O)c1ccc(CN2CCOCC2)cc1. The van der Waals surface area contributed by atoms with Crippen molar-refractivity contribution in [3.05, 3.63) is 177 Å². The first-order valence-corrected chi connectivity index (χ1v) is 29.2. The van der Waals surface area contributed by atoms with Crippen LogP contribution in [0.2, 0.25) is 0 Å². The van der Waals surface area contributed by atoms with E-state index in [1.54, 1.807) is 12.1 Å². The van der Waals surface area contributed by atoms with Gasteiger partial charge in [-0.2, -0.15) is 0 Å². The molecule has 2 saturated heterocycles. The molecule has 424 valence electrons. The number of benzene rings is 4. The number of ether oxygens (including phenoxy) is 4. The molecule has 4 N–H and O–H groups in total. The molecule has 14 nitrogen and oxygen atoms in total. The Kier molecular flexibility index (Phi) is 21.5. The molecule has 2 aromatic heterocycles. The summed E-state index contributed by atoms with van der Waals surface area (Å²) in [5.41, 5.74) is 13.3. The number of nitrogens with one attached hydrogen (secondary N) is 2. The average Bonchev–Trinajstić information content (AvgIpc) is 3.76. The molecule has 0 radical (unpaired) electrons. The van der Waals surface area contributed by atoms with Crippen LogP contribution in [0.25, 0.3) is 11.1 Å². The second-order valence-corrected chi connectivity index (χ2v) is 22.8. The topological polar surface area (TPSA) is 184 Å². The first-order valence-electron chi connectivity index (χ1n) is 28.4. The first-order chi connectivity index (χ1) is 38.5. The highest BCUT2D eigenvalue weighted by atomic mass is 79.9. The maximum Gasteiger partial charge on any atom is 0.488 e. The number of carbonyl (C=O) groups excluding carboxylic acids is 2. The minimum Gasteiger partial charge on any atom is -0.490 e. The highest BCUT2D eigenvalue weighted by molar-refractivity contribution is 9.10. The zero-order chi connectivity index (χ0) is 56.9. The van der Waals surface area contributed by atoms with E-state index in [4.69, 9.17) is 29.0 Å². The zero-order valence-corrected chi connectivity index (χ0v) is 49.0. The predicted octanol–water partition coefficient (Wildman–Crippen LogP) is 9.28. The molecule has 4 aromatic carbocycles. The third-order valence-corrected chi connectivity index (χ3v) is 16.0. The normalized spacial score (nSPS) is 17.4. The van der Waals surface area contributed by atoms with Crippen LogP contribution in [0.4, 0.5) is 0 Å². The van der Waals surface area contributed by atoms with Crippen LogP contribution in [0.3, 0.4) is 0 Å². The fourth-order valence-electron chi connectivity index (χ4n) is 11.0. The van der Waals surface area contributed by atoms with Crippen LogP contribution in [0, 0.1) is 27.7 Å². The number of carbonyl (C=O) groups is 2. The summed E-state index contributed by atoms with van der Waals surface area (Å²) in [7, 11) is -1.38. The number of Topliss-reactive ketones (excluding diaryl/α,β-unsaturated/α-hetero) is 2. The lowest BCUT2D eigenvalue weighted by Gasteiger charge is -2.26. The molecule has 2 atom stereocenters. The van der Waals surface area contributed by atoms with Gasteiger partial charge in [-0.1, -0.05) is 48.5 Å². The monoisotopic (exact) mass is 1150 g/mol. The summed E-state index contributed by atoms with van der Waals surface area (Å²) < 4.78 is 24.0. The molecular formula is C64H78BBrN4O10. The summed E-state index contributed by atoms with van der Waals surface area (Å²) in [5, 5.41) is 17.9. The van der Waals surface area contributed by atoms with E-state index < -0.39 is 7.12 Å². The van der Waals surface area contributed by atoms with Crippen LogP contribution in [0.1, 0.15) is 129 Å². The van der Waals surface area contributed by atoms with E-state index in [0.29, 0.717) is 53.4 Å². The van der Waals surface area contributed by atoms with Crippen molar-refractivity contribution in [2.75, 3.05) is 52.6 Å². The van der Waals surface area contributed by atoms with Crippen molar-refractivity contribution >= 4 is 40.1 Å². The van der Waals surface area contributed by atoms with Crippen molar-refractivity contribution in [3.63, 3.8) is 0 Å². The predicted molar refractivity (Wildman–Crippen MR) is 319 cm³/mol. The smallest absolute Gasteiger partial charge is 0.488 e. The number of aromatic nitrogens is 2. The molecule has 16 heteroatoms. The number of H-pyrrole nitrogens is 2. The van der Waals surface area contributed by atoms with Crippen molar-refractivity contribution in [1.29, 1.82) is 0 Å². The van der Waals surface area contributed by atoms with Gasteiger partial charge in [-0.15, -0.1) is 0 Å². The Morgan fingerprint density at radius 1 is 0.613 bits per heavy atom. The lowest BCUT2D eigenvalue weighted by atomic mass is 9.80. The molecular weight excluding hydrogens is 1080 g/mol. The van der Waals surface area contributed by atoms with Gasteiger partial charge in [0.2, 0.25) is 0 Å². The highest BCUT2D eigenvalue weighted by Gasteiger charge is 2.24. The Morgan fingerprint density at radius 3 is 1.51 bits per heavy atom. The van der Waals surface area contributed by atoms with E-state index in [-0.39, 0.29) is 34.9 Å². The number of rotatable bonds is 14. The molecule has 0 spiro atoms. The molecule has 0 amide bonds. The first kappa shape index (κ1) is 60.1. The molecule has 4 aliphatic rings. The second kappa shape index (κ2) is 28.6. The fourth-order valence-corrected chi connectivity index (χ4v) is 11.6. The fraction of sp³-hybridized carbons (Fsp3) is 0.438. The Hall–Kier alpha value is -5.98. The number of morpholine rings is 2. The van der Waals surface area contributed by atoms with Gasteiger partial charge in [0.05, 0.1) is 43.1 Å². The van der Waals surface area contributed by atoms with Crippen molar-refractivity contribution in [3.8, 4) is 22.6 Å². The van der Waals surface area contributed by atoms with Gasteiger partial charge in [0.25, 0.3) is 11.1 Å². The number of pyridine rings is 2. The standard InChI is InChI=1S/C32H38N2O4.C21H24BrNO3.C11H16BNO3/c1-21-17-22(2)33-32(36)28(21)11-12-30(35)27-18-26-6-4-5-23(3)38-31(26)29(19-27)25-9-7-24(8-10-25)20-34-13-15-37-16-14-34;1-12-9-13(2)23-21(25)17(12)7-8-19(24)16-10-15-6-4-5-14(3)26-20(15)18(22)11-16;14-12(15)11-3-1-10(2-4-11)9-13-5-7-16-8-6-13/h7-10,17-19,23H,4-6,11-16,20H2,1-3H3,(H,33,36);9-11,14H,4-8H2,1-3H3,(H,23,25);1-4,14-15H,5-9H2. The number of ketones is 2. The van der Waals surface area contributed by atoms with Gasteiger partial charge in [0.15, 0.2) is 11.6 Å². The molecule has 0 bridgehead atoms. The highest BCUT2D eigenvalue weighted by Crippen LogP contribution is 2.39. The van der Waals surface area contributed by atoms with Gasteiger partial charge in [-0.25, -0.2) is 0 Å². The lowest BCUT2D eigenvalue weighted by molar-refractivity contribution is 0.0341. The second-order valence-electron chi connectivity index (χ2n) is 21.9. The number of halogens is 1. The average molecular weight is 1150 g/mol. The molecule has 0 saturated carbocycles. The third kappa shape index (κ3) is 16.6.